The van der Waals surface area contributed by atoms with Gasteiger partial charge < -0.3 is 10.4 Å². The van der Waals surface area contributed by atoms with Crippen molar-refractivity contribution in [3.05, 3.63) is 51.6 Å². The Hall–Kier alpha value is -2.54. The molecule has 0 unspecified atom stereocenters. The standard InChI is InChI=1S/C14H10N2O4S/c1-7-3-2-4-10-12(7)15-13-9(16(19)20)5-8(14(17)18)6-11(13)21-10/h2-6,15H,1H3,(H,17,18). The van der Waals surface area contributed by atoms with Gasteiger partial charge in [0.05, 0.1) is 16.2 Å². The topological polar surface area (TPSA) is 92.5 Å². The maximum Gasteiger partial charge on any atom is 0.335 e. The number of carboxylic acids is 1. The average Bonchev–Trinajstić information content (AvgIpc) is 2.44. The van der Waals surface area contributed by atoms with Gasteiger partial charge in [0.15, 0.2) is 0 Å². The molecular formula is C14H10N2O4S. The summed E-state index contributed by atoms with van der Waals surface area (Å²) in [5.41, 5.74) is 1.82. The van der Waals surface area contributed by atoms with Crippen LogP contribution in [0.2, 0.25) is 0 Å². The first-order valence-corrected chi connectivity index (χ1v) is 6.89. The summed E-state index contributed by atoms with van der Waals surface area (Å²) in [6.07, 6.45) is 0. The highest BCUT2D eigenvalue weighted by Gasteiger charge is 2.27. The number of nitrogens with zero attached hydrogens (tertiary/aromatic N) is 1. The quantitative estimate of drug-likeness (QED) is 0.552. The number of carbonyl (C=O) groups is 1. The van der Waals surface area contributed by atoms with Gasteiger partial charge in [-0.05, 0) is 24.6 Å². The fraction of sp³-hybridized carbons (Fsp3) is 0.0714. The number of para-hydroxylation sites is 1. The number of fused-ring (bicyclic) bond motifs is 2. The van der Waals surface area contributed by atoms with Crippen molar-refractivity contribution in [2.45, 2.75) is 16.7 Å². The van der Waals surface area contributed by atoms with Crippen LogP contribution in [0.3, 0.4) is 0 Å². The summed E-state index contributed by atoms with van der Waals surface area (Å²) in [7, 11) is 0. The highest BCUT2D eigenvalue weighted by atomic mass is 32.2. The van der Waals surface area contributed by atoms with E-state index in [1.165, 1.54) is 17.8 Å². The molecular weight excluding hydrogens is 292 g/mol. The lowest BCUT2D eigenvalue weighted by Gasteiger charge is -2.22. The zero-order chi connectivity index (χ0) is 15.1. The van der Waals surface area contributed by atoms with Gasteiger partial charge in [0.2, 0.25) is 0 Å². The number of hydrogen-bond donors (Lipinski definition) is 2. The Morgan fingerprint density at radius 1 is 1.29 bits per heavy atom. The average molecular weight is 302 g/mol. The molecule has 3 rings (SSSR count). The molecule has 0 spiro atoms. The van der Waals surface area contributed by atoms with Crippen LogP contribution in [0.5, 0.6) is 0 Å². The fourth-order valence-electron chi connectivity index (χ4n) is 2.20. The maximum absolute atomic E-state index is 11.2. The minimum atomic E-state index is -1.18. The van der Waals surface area contributed by atoms with E-state index in [4.69, 9.17) is 5.11 Å². The number of nitro groups is 1. The van der Waals surface area contributed by atoms with Gasteiger partial charge >= 0.3 is 5.97 Å². The molecule has 0 aromatic heterocycles. The van der Waals surface area contributed by atoms with Crippen molar-refractivity contribution in [2.24, 2.45) is 0 Å². The van der Waals surface area contributed by atoms with Gasteiger partial charge in [-0.25, -0.2) is 4.79 Å². The Balaban J connectivity index is 2.21. The number of aryl methyl sites for hydroxylation is 1. The summed E-state index contributed by atoms with van der Waals surface area (Å²) in [5, 5.41) is 23.4. The van der Waals surface area contributed by atoms with Gasteiger partial charge in [0.1, 0.15) is 5.69 Å². The van der Waals surface area contributed by atoms with E-state index >= 15 is 0 Å². The monoisotopic (exact) mass is 302 g/mol. The molecule has 6 nitrogen and oxygen atoms in total. The lowest BCUT2D eigenvalue weighted by atomic mass is 10.1. The van der Waals surface area contributed by atoms with Crippen LogP contribution >= 0.6 is 11.8 Å². The second-order valence-electron chi connectivity index (χ2n) is 4.61. The number of carboxylic acid groups (broad SMARTS) is 1. The summed E-state index contributed by atoms with van der Waals surface area (Å²) in [5.74, 6) is -1.18. The number of hydrogen-bond acceptors (Lipinski definition) is 5. The Morgan fingerprint density at radius 3 is 2.71 bits per heavy atom. The van der Waals surface area contributed by atoms with Crippen LogP contribution in [-0.4, -0.2) is 16.0 Å². The van der Waals surface area contributed by atoms with Crippen LogP contribution in [0.1, 0.15) is 15.9 Å². The zero-order valence-corrected chi connectivity index (χ0v) is 11.7. The second-order valence-corrected chi connectivity index (χ2v) is 5.69. The molecule has 0 bridgehead atoms. The molecule has 0 aliphatic carbocycles. The Bertz CT molecular complexity index is 789. The molecule has 0 amide bonds. The Morgan fingerprint density at radius 2 is 2.05 bits per heavy atom. The molecule has 2 N–H and O–H groups in total. The van der Waals surface area contributed by atoms with E-state index in [1.54, 1.807) is 0 Å². The van der Waals surface area contributed by atoms with Gasteiger partial charge in [-0.1, -0.05) is 23.9 Å². The van der Waals surface area contributed by atoms with E-state index in [1.807, 2.05) is 25.1 Å². The predicted molar refractivity (Wildman–Crippen MR) is 78.6 cm³/mol. The van der Waals surface area contributed by atoms with E-state index in [9.17, 15) is 14.9 Å². The summed E-state index contributed by atoms with van der Waals surface area (Å²) in [4.78, 5) is 23.2. The highest BCUT2D eigenvalue weighted by Crippen LogP contribution is 2.49. The van der Waals surface area contributed by atoms with Crippen LogP contribution in [0, 0.1) is 17.0 Å². The highest BCUT2D eigenvalue weighted by molar-refractivity contribution is 7.99. The molecule has 1 aliphatic rings. The van der Waals surface area contributed by atoms with Crippen LogP contribution in [0.15, 0.2) is 40.1 Å². The summed E-state index contributed by atoms with van der Waals surface area (Å²) >= 11 is 1.33. The van der Waals surface area contributed by atoms with Crippen molar-refractivity contribution in [1.82, 2.24) is 0 Å². The van der Waals surface area contributed by atoms with Crippen LogP contribution in [-0.2, 0) is 0 Å². The van der Waals surface area contributed by atoms with Crippen LogP contribution < -0.4 is 5.32 Å². The van der Waals surface area contributed by atoms with Crippen molar-refractivity contribution in [1.29, 1.82) is 0 Å². The summed E-state index contributed by atoms with van der Waals surface area (Å²) < 4.78 is 0. The summed E-state index contributed by atoms with van der Waals surface area (Å²) in [6.45, 7) is 1.91. The third-order valence-corrected chi connectivity index (χ3v) is 4.33. The van der Waals surface area contributed by atoms with Crippen molar-refractivity contribution >= 4 is 34.8 Å². The third-order valence-electron chi connectivity index (χ3n) is 3.23. The molecule has 0 atom stereocenters. The first-order chi connectivity index (χ1) is 9.97. The van der Waals surface area contributed by atoms with E-state index in [2.05, 4.69) is 5.32 Å². The molecule has 1 heterocycles. The lowest BCUT2D eigenvalue weighted by molar-refractivity contribution is -0.384. The molecule has 106 valence electrons. The fourth-order valence-corrected chi connectivity index (χ4v) is 3.35. The van der Waals surface area contributed by atoms with Crippen LogP contribution in [0.4, 0.5) is 17.1 Å². The third kappa shape index (κ3) is 2.21. The van der Waals surface area contributed by atoms with Crippen molar-refractivity contribution in [3.63, 3.8) is 0 Å². The number of anilines is 2. The number of nitro benzene ring substituents is 1. The SMILES string of the molecule is Cc1cccc2c1Nc1c(cc(C(=O)O)cc1[N+](=O)[O-])S2. The van der Waals surface area contributed by atoms with E-state index in [0.29, 0.717) is 10.6 Å². The molecule has 0 radical (unpaired) electrons. The Labute approximate surface area is 123 Å². The molecule has 1 aliphatic heterocycles. The molecule has 2 aromatic rings. The molecule has 21 heavy (non-hydrogen) atoms. The molecule has 7 heteroatoms. The zero-order valence-electron chi connectivity index (χ0n) is 10.9. The predicted octanol–water partition coefficient (Wildman–Crippen LogP) is 3.81. The smallest absolute Gasteiger partial charge is 0.335 e. The van der Waals surface area contributed by atoms with Gasteiger partial charge in [-0.15, -0.1) is 0 Å². The van der Waals surface area contributed by atoms with Gasteiger partial charge in [0.25, 0.3) is 5.69 Å². The van der Waals surface area contributed by atoms with E-state index < -0.39 is 10.9 Å². The van der Waals surface area contributed by atoms with Crippen molar-refractivity contribution < 1.29 is 14.8 Å². The Kier molecular flexibility index (Phi) is 3.06. The number of rotatable bonds is 2. The van der Waals surface area contributed by atoms with Gasteiger partial charge in [-0.3, -0.25) is 10.1 Å². The van der Waals surface area contributed by atoms with Gasteiger partial charge in [0, 0.05) is 15.9 Å². The minimum absolute atomic E-state index is 0.0918. The molecule has 2 aromatic carbocycles. The van der Waals surface area contributed by atoms with Crippen LogP contribution in [0.25, 0.3) is 0 Å². The lowest BCUT2D eigenvalue weighted by Crippen LogP contribution is -2.07. The number of benzene rings is 2. The van der Waals surface area contributed by atoms with Crippen molar-refractivity contribution in [3.8, 4) is 0 Å². The first-order valence-electron chi connectivity index (χ1n) is 6.07. The minimum Gasteiger partial charge on any atom is -0.478 e. The molecule has 0 fully saturated rings. The molecule has 0 saturated carbocycles. The number of nitrogens with one attached hydrogen (secondary N) is 1. The molecule has 0 saturated heterocycles. The summed E-state index contributed by atoms with van der Waals surface area (Å²) in [6, 6.07) is 8.23. The largest absolute Gasteiger partial charge is 0.478 e. The van der Waals surface area contributed by atoms with E-state index in [-0.39, 0.29) is 11.3 Å². The van der Waals surface area contributed by atoms with Crippen molar-refractivity contribution in [2.75, 3.05) is 5.32 Å². The first kappa shape index (κ1) is 13.4. The normalized spacial score (nSPS) is 12.0. The maximum atomic E-state index is 11.2. The number of aromatic carboxylic acids is 1. The second kappa shape index (κ2) is 4.78. The van der Waals surface area contributed by atoms with E-state index in [0.717, 1.165) is 22.2 Å². The van der Waals surface area contributed by atoms with Gasteiger partial charge in [-0.2, -0.15) is 0 Å².